The number of piperidine rings is 1. The molecule has 0 unspecified atom stereocenters. The van der Waals surface area contributed by atoms with E-state index >= 15 is 4.39 Å². The number of nitrogens with one attached hydrogen (secondary N) is 6. The maximum absolute atomic E-state index is 16.0. The van der Waals surface area contributed by atoms with E-state index in [0.29, 0.717) is 93.6 Å². The molecule has 2 aliphatic heterocycles. The van der Waals surface area contributed by atoms with Crippen LogP contribution in [0.1, 0.15) is 66.9 Å². The minimum absolute atomic E-state index is 0.0906. The number of aromatic nitrogens is 6. The van der Waals surface area contributed by atoms with Crippen LogP contribution in [0.5, 0.6) is 0 Å². The Morgan fingerprint density at radius 3 is 2.30 bits per heavy atom. The molecule has 2 fully saturated rings. The molecule has 82 heavy (non-hydrogen) atoms. The quantitative estimate of drug-likeness (QED) is 0.0316. The number of likely N-dealkylation sites (tertiary alicyclic amines) is 1. The molecule has 7 aromatic rings. The summed E-state index contributed by atoms with van der Waals surface area (Å²) in [7, 11) is 4.57. The van der Waals surface area contributed by atoms with Crippen molar-refractivity contribution >= 4 is 97.7 Å². The number of fused-ring (bicyclic) bond motifs is 2. The Morgan fingerprint density at radius 1 is 0.768 bits per heavy atom. The summed E-state index contributed by atoms with van der Waals surface area (Å²) < 4.78 is 23.7. The van der Waals surface area contributed by atoms with Gasteiger partial charge in [0.25, 0.3) is 5.91 Å². The lowest BCUT2D eigenvalue weighted by atomic mass is 9.88. The molecule has 0 radical (unpaired) electrons. The van der Waals surface area contributed by atoms with E-state index in [-0.39, 0.29) is 56.1 Å². The normalized spacial score (nSPS) is 13.9. The van der Waals surface area contributed by atoms with Crippen LogP contribution in [0.25, 0.3) is 32.9 Å². The van der Waals surface area contributed by atoms with E-state index in [2.05, 4.69) is 73.6 Å². The lowest BCUT2D eigenvalue weighted by Crippen LogP contribution is -2.46. The van der Waals surface area contributed by atoms with Crippen LogP contribution in [0, 0.1) is 5.82 Å². The van der Waals surface area contributed by atoms with Gasteiger partial charge in [-0.05, 0) is 92.4 Å². The Hall–Kier alpha value is -8.70. The van der Waals surface area contributed by atoms with Crippen LogP contribution in [-0.2, 0) is 42.3 Å². The number of ether oxygens (including phenoxy) is 1. The summed E-state index contributed by atoms with van der Waals surface area (Å²) in [5, 5.41) is 27.9. The molecular formula is C58H67ClFN15O7. The Kier molecular flexibility index (Phi) is 19.2. The molecule has 0 saturated carbocycles. The highest BCUT2D eigenvalue weighted by atomic mass is 35.5. The van der Waals surface area contributed by atoms with Crippen molar-refractivity contribution in [1.29, 1.82) is 0 Å². The number of rotatable bonds is 23. The molecule has 0 bridgehead atoms. The van der Waals surface area contributed by atoms with Crippen LogP contribution in [0.3, 0.4) is 0 Å². The molecule has 0 atom stereocenters. The summed E-state index contributed by atoms with van der Waals surface area (Å²) in [6.07, 6.45) is 7.23. The first-order valence-electron chi connectivity index (χ1n) is 27.5. The monoisotopic (exact) mass is 1140 g/mol. The fraction of sp³-hybridized carbons (Fsp3) is 0.379. The molecule has 0 spiro atoms. The number of amides is 5. The first-order chi connectivity index (χ1) is 39.7. The summed E-state index contributed by atoms with van der Waals surface area (Å²) in [6.45, 7) is 5.14. The summed E-state index contributed by atoms with van der Waals surface area (Å²) in [5.41, 5.74) is 5.92. The highest BCUT2D eigenvalue weighted by Gasteiger charge is 2.30. The number of anilines is 5. The summed E-state index contributed by atoms with van der Waals surface area (Å²) in [6, 6.07) is 23.9. The lowest BCUT2D eigenvalue weighted by Gasteiger charge is -2.36. The molecular weight excluding hydrogens is 1070 g/mol. The number of para-hydroxylation sites is 1. The van der Waals surface area contributed by atoms with Crippen LogP contribution in [0.15, 0.2) is 91.3 Å². The number of methoxy groups -OCH3 is 1. The van der Waals surface area contributed by atoms with Gasteiger partial charge in [0.15, 0.2) is 5.82 Å². The van der Waals surface area contributed by atoms with Gasteiger partial charge in [0.05, 0.1) is 54.0 Å². The van der Waals surface area contributed by atoms with Crippen molar-refractivity contribution in [3.8, 4) is 11.1 Å². The number of nitrogens with zero attached hydrogens (tertiary/aromatic N) is 9. The first-order valence-corrected chi connectivity index (χ1v) is 27.8. The number of aryl methyl sites for hydroxylation is 1. The highest BCUT2D eigenvalue weighted by Crippen LogP contribution is 2.40. The molecule has 430 valence electrons. The summed E-state index contributed by atoms with van der Waals surface area (Å²) in [5.74, 6) is -2.05. The number of carbonyl (C=O) groups is 6. The van der Waals surface area contributed by atoms with Gasteiger partial charge < -0.3 is 46.4 Å². The Bertz CT molecular complexity index is 3450. The maximum Gasteiger partial charge on any atom is 0.325 e. The number of hydrogen-bond acceptors (Lipinski definition) is 15. The molecule has 24 heteroatoms. The number of hydrogen-bond donors (Lipinski definition) is 6. The van der Waals surface area contributed by atoms with Crippen LogP contribution < -0.4 is 36.8 Å². The zero-order chi connectivity index (χ0) is 57.7. The molecule has 2 aliphatic rings. The van der Waals surface area contributed by atoms with Gasteiger partial charge >= 0.3 is 5.97 Å². The van der Waals surface area contributed by atoms with Crippen molar-refractivity contribution in [2.24, 2.45) is 7.05 Å². The second-order valence-electron chi connectivity index (χ2n) is 20.2. The van der Waals surface area contributed by atoms with Crippen LogP contribution in [-0.4, -0.2) is 154 Å². The van der Waals surface area contributed by atoms with Gasteiger partial charge in [-0.2, -0.15) is 15.2 Å². The highest BCUT2D eigenvalue weighted by molar-refractivity contribution is 6.33. The molecule has 2 saturated heterocycles. The van der Waals surface area contributed by atoms with E-state index in [0.717, 1.165) is 68.9 Å². The topological polar surface area (TPSA) is 255 Å². The van der Waals surface area contributed by atoms with E-state index in [4.69, 9.17) is 16.7 Å². The fourth-order valence-electron chi connectivity index (χ4n) is 10.4. The SMILES string of the molecule is CNC(=O)c1ccccc1Nc1nc(Nc2ccc(N3CCN(CCCCCNC(=O)CCC(=O)N4CCC(c5nn(CC(=O)NCC(=O)NCC(=O)OC)c6cccc(-c7cc8c(cnn8C)cc7F)c56)CC4)CC3)cc2)ncc1Cl. The predicted octanol–water partition coefficient (Wildman–Crippen LogP) is 6.02. The van der Waals surface area contributed by atoms with Crippen LogP contribution in [0.4, 0.5) is 33.2 Å². The smallest absolute Gasteiger partial charge is 0.325 e. The van der Waals surface area contributed by atoms with Gasteiger partial charge in [-0.25, -0.2) is 9.37 Å². The summed E-state index contributed by atoms with van der Waals surface area (Å²) in [4.78, 5) is 91.2. The summed E-state index contributed by atoms with van der Waals surface area (Å²) >= 11 is 6.42. The Morgan fingerprint density at radius 2 is 1.54 bits per heavy atom. The molecule has 5 amide bonds. The van der Waals surface area contributed by atoms with Crippen LogP contribution >= 0.6 is 11.6 Å². The average molecular weight is 1140 g/mol. The van der Waals surface area contributed by atoms with E-state index in [9.17, 15) is 28.8 Å². The second-order valence-corrected chi connectivity index (χ2v) is 20.6. The number of piperazine rings is 1. The third-order valence-electron chi connectivity index (χ3n) is 14.9. The zero-order valence-corrected chi connectivity index (χ0v) is 46.9. The van der Waals surface area contributed by atoms with Gasteiger partial charge in [-0.3, -0.25) is 43.0 Å². The minimum Gasteiger partial charge on any atom is -0.468 e. The second kappa shape index (κ2) is 27.2. The average Bonchev–Trinajstić information content (AvgIpc) is 4.27. The van der Waals surface area contributed by atoms with E-state index < -0.39 is 23.6 Å². The van der Waals surface area contributed by atoms with Gasteiger partial charge in [0, 0.05) is 106 Å². The Labute approximate surface area is 478 Å². The molecule has 22 nitrogen and oxygen atoms in total. The number of esters is 1. The molecule has 9 rings (SSSR count). The van der Waals surface area contributed by atoms with Gasteiger partial charge in [0.2, 0.25) is 29.6 Å². The van der Waals surface area contributed by atoms with Gasteiger partial charge in [0.1, 0.15) is 23.9 Å². The maximum atomic E-state index is 16.0. The van der Waals surface area contributed by atoms with Gasteiger partial charge in [-0.15, -0.1) is 0 Å². The molecule has 5 heterocycles. The molecule has 3 aromatic heterocycles. The van der Waals surface area contributed by atoms with E-state index in [1.807, 2.05) is 30.3 Å². The fourth-order valence-corrected chi connectivity index (χ4v) is 10.5. The first kappa shape index (κ1) is 58.0. The molecule has 0 aliphatic carbocycles. The van der Waals surface area contributed by atoms with Crippen molar-refractivity contribution in [2.75, 3.05) is 95.1 Å². The van der Waals surface area contributed by atoms with E-state index in [1.165, 1.54) is 19.4 Å². The van der Waals surface area contributed by atoms with Crippen molar-refractivity contribution in [3.63, 3.8) is 0 Å². The third kappa shape index (κ3) is 14.4. The number of benzene rings is 4. The number of carbonyl (C=O) groups excluding carboxylic acids is 6. The molecule has 4 aromatic carbocycles. The van der Waals surface area contributed by atoms with Crippen molar-refractivity contribution in [2.45, 2.75) is 57.4 Å². The van der Waals surface area contributed by atoms with Crippen LogP contribution in [0.2, 0.25) is 5.02 Å². The Balaban J connectivity index is 0.691. The number of unbranched alkanes of at least 4 members (excludes halogenated alkanes) is 2. The van der Waals surface area contributed by atoms with Crippen molar-refractivity contribution in [3.05, 3.63) is 113 Å². The zero-order valence-electron chi connectivity index (χ0n) is 46.1. The predicted molar refractivity (Wildman–Crippen MR) is 311 cm³/mol. The molecule has 6 N–H and O–H groups in total. The standard InChI is InChI=1S/C58H67ClFN15O7/c1-61-57(81)42-10-5-6-12-46(42)68-56-44(59)33-65-58(69-56)67-39-14-16-40(17-15-39)73-28-26-72(27-29-73)23-8-4-7-22-62-49(76)18-19-52(79)74-24-20-37(21-25-74)55-54-41(43-31-48-38(30-45(43)60)32-66-71(48)2)11-9-13-47(54)75(70-55)36-51(78)63-34-50(77)64-35-53(80)82-3/h5-6,9-17,30-33,37H,4,7-8,18-29,34-36H2,1-3H3,(H,61,81)(H,62,76)(H,63,78)(H,64,77)(H2,65,67,68,69). The lowest BCUT2D eigenvalue weighted by molar-refractivity contribution is -0.141. The number of halogens is 2. The van der Waals surface area contributed by atoms with E-state index in [1.54, 1.807) is 64.9 Å². The largest absolute Gasteiger partial charge is 0.468 e. The van der Waals surface area contributed by atoms with Crippen molar-refractivity contribution in [1.82, 2.24) is 60.6 Å². The third-order valence-corrected chi connectivity index (χ3v) is 15.1. The minimum atomic E-state index is -0.625. The van der Waals surface area contributed by atoms with Gasteiger partial charge in [-0.1, -0.05) is 42.3 Å². The van der Waals surface area contributed by atoms with Crippen molar-refractivity contribution < 1.29 is 37.9 Å².